The van der Waals surface area contributed by atoms with Gasteiger partial charge in [-0.25, -0.2) is 0 Å². The highest BCUT2D eigenvalue weighted by molar-refractivity contribution is 5.70. The van der Waals surface area contributed by atoms with E-state index in [0.717, 1.165) is 33.6 Å². The van der Waals surface area contributed by atoms with Crippen molar-refractivity contribution in [3.63, 3.8) is 0 Å². The van der Waals surface area contributed by atoms with E-state index < -0.39 is 12.1 Å². The fraction of sp³-hybridized carbons (Fsp3) is 0.562. The second-order valence-corrected chi connectivity index (χ2v) is 11.8. The molecule has 0 aliphatic carbocycles. The number of methoxy groups -OCH3 is 1. The van der Waals surface area contributed by atoms with Crippen LogP contribution in [-0.4, -0.2) is 73.4 Å². The minimum Gasteiger partial charge on any atom is -0.507 e. The molecular formula is C32H39N3O7. The van der Waals surface area contributed by atoms with Gasteiger partial charge in [0.2, 0.25) is 6.79 Å². The molecule has 4 heterocycles. The molecule has 42 heavy (non-hydrogen) atoms. The Labute approximate surface area is 246 Å². The number of hydrogen-bond acceptors (Lipinski definition) is 10. The number of ether oxygens (including phenoxy) is 5. The molecule has 1 unspecified atom stereocenters. The van der Waals surface area contributed by atoms with Gasteiger partial charge < -0.3 is 28.8 Å². The van der Waals surface area contributed by atoms with Crippen LogP contribution in [0.25, 0.3) is 0 Å². The first-order chi connectivity index (χ1) is 20.2. The van der Waals surface area contributed by atoms with Crippen LogP contribution in [0.3, 0.4) is 0 Å². The van der Waals surface area contributed by atoms with E-state index in [9.17, 15) is 15.2 Å². The lowest BCUT2D eigenvalue weighted by atomic mass is 9.71. The van der Waals surface area contributed by atoms with Crippen LogP contribution >= 0.6 is 0 Å². The van der Waals surface area contributed by atoms with Crippen LogP contribution in [0.1, 0.15) is 70.8 Å². The predicted molar refractivity (Wildman–Crippen MR) is 153 cm³/mol. The van der Waals surface area contributed by atoms with Gasteiger partial charge in [0.1, 0.15) is 24.1 Å². The van der Waals surface area contributed by atoms with Crippen LogP contribution in [0, 0.1) is 32.1 Å². The predicted octanol–water partition coefficient (Wildman–Crippen LogP) is 4.14. The molecule has 4 aliphatic heterocycles. The maximum Gasteiger partial charge on any atom is 0.305 e. The topological polar surface area (TPSA) is 114 Å². The Morgan fingerprint density at radius 2 is 1.90 bits per heavy atom. The van der Waals surface area contributed by atoms with E-state index in [1.54, 1.807) is 7.11 Å². The number of esters is 1. The zero-order valence-electron chi connectivity index (χ0n) is 25.2. The maximum absolute atomic E-state index is 12.6. The number of fused-ring (bicyclic) bond motifs is 9. The van der Waals surface area contributed by atoms with Gasteiger partial charge in [0.25, 0.3) is 0 Å². The van der Waals surface area contributed by atoms with Gasteiger partial charge in [0, 0.05) is 47.9 Å². The maximum atomic E-state index is 12.6. The summed E-state index contributed by atoms with van der Waals surface area (Å²) in [6.45, 7) is 8.10. The number of carbonyl (C=O) groups is 1. The molecule has 0 radical (unpaired) electrons. The smallest absolute Gasteiger partial charge is 0.305 e. The van der Waals surface area contributed by atoms with E-state index in [2.05, 4.69) is 42.8 Å². The number of nitriles is 1. The molecule has 1 saturated heterocycles. The summed E-state index contributed by atoms with van der Waals surface area (Å²) in [6, 6.07) is 3.34. The molecule has 0 saturated carbocycles. The van der Waals surface area contributed by atoms with Crippen molar-refractivity contribution in [2.75, 3.05) is 34.4 Å². The largest absolute Gasteiger partial charge is 0.507 e. The van der Waals surface area contributed by atoms with E-state index in [1.165, 1.54) is 5.56 Å². The van der Waals surface area contributed by atoms with E-state index in [0.29, 0.717) is 42.7 Å². The van der Waals surface area contributed by atoms with Crippen molar-refractivity contribution in [2.45, 2.75) is 83.6 Å². The third kappa shape index (κ3) is 4.21. The van der Waals surface area contributed by atoms with Crippen molar-refractivity contribution in [1.82, 2.24) is 9.80 Å². The van der Waals surface area contributed by atoms with Crippen molar-refractivity contribution in [2.24, 2.45) is 0 Å². The molecule has 2 bridgehead atoms. The zero-order valence-corrected chi connectivity index (χ0v) is 25.2. The van der Waals surface area contributed by atoms with Crippen molar-refractivity contribution in [3.8, 4) is 29.1 Å². The fourth-order valence-corrected chi connectivity index (χ4v) is 7.60. The van der Waals surface area contributed by atoms with Crippen molar-refractivity contribution >= 4 is 5.97 Å². The Kier molecular flexibility index (Phi) is 7.46. The highest BCUT2D eigenvalue weighted by Gasteiger charge is 2.56. The Balaban J connectivity index is 1.56. The molecule has 6 rings (SSSR count). The summed E-state index contributed by atoms with van der Waals surface area (Å²) in [5.41, 5.74) is 6.54. The molecule has 4 aliphatic rings. The molecule has 2 aromatic rings. The lowest BCUT2D eigenvalue weighted by Gasteiger charge is -2.60. The van der Waals surface area contributed by atoms with Gasteiger partial charge in [-0.2, -0.15) is 5.26 Å². The van der Waals surface area contributed by atoms with Crippen LogP contribution in [0.15, 0.2) is 6.07 Å². The summed E-state index contributed by atoms with van der Waals surface area (Å²) in [5.74, 6) is 1.74. The summed E-state index contributed by atoms with van der Waals surface area (Å²) in [7, 11) is 3.68. The molecule has 0 amide bonds. The van der Waals surface area contributed by atoms with E-state index in [-0.39, 0.29) is 50.0 Å². The monoisotopic (exact) mass is 577 g/mol. The number of hydrogen-bond donors (Lipinski definition) is 1. The molecule has 5 atom stereocenters. The van der Waals surface area contributed by atoms with Gasteiger partial charge in [-0.05, 0) is 63.8 Å². The van der Waals surface area contributed by atoms with Crippen molar-refractivity contribution in [1.29, 1.82) is 5.26 Å². The normalized spacial score (nSPS) is 25.7. The summed E-state index contributed by atoms with van der Waals surface area (Å²) in [4.78, 5) is 17.2. The standard InChI is InChI=1S/C32H39N3O7/c1-7-8-25(36)39-13-24-27-20(29(37)18(4)31-32(27)42-15-41-31)11-22-28-26-19(9-16(2)17(3)30(26)40-14-38-6)10-21(34(28)5)23(12-33)35(22)24/h9,21-24,28,37H,7-8,10-11,13-15H2,1-6H3/t21-,22?,23-,24-,28-/m0/s1. The SMILES string of the molecule is CCCC(=O)OC[C@H]1c2c(c(O)c(C)c3c2OCO3)CC2[C@H]3c4c(cc(C)c(C)c4OCOC)C[C@@H]([C@H](C#N)N21)N3C. The molecule has 1 fully saturated rings. The molecule has 10 heteroatoms. The zero-order chi connectivity index (χ0) is 29.9. The van der Waals surface area contributed by atoms with Crippen LogP contribution < -0.4 is 14.2 Å². The summed E-state index contributed by atoms with van der Waals surface area (Å²) < 4.78 is 29.2. The van der Waals surface area contributed by atoms with E-state index in [4.69, 9.17) is 23.7 Å². The third-order valence-electron chi connectivity index (χ3n) is 9.61. The number of likely N-dealkylation sites (N-methyl/N-ethyl adjacent to an activating group) is 1. The first-order valence-corrected chi connectivity index (χ1v) is 14.7. The van der Waals surface area contributed by atoms with Gasteiger partial charge >= 0.3 is 5.97 Å². The number of piperazine rings is 1. The Bertz CT molecular complexity index is 1470. The van der Waals surface area contributed by atoms with Crippen LogP contribution in [0.2, 0.25) is 0 Å². The Morgan fingerprint density at radius 3 is 2.62 bits per heavy atom. The van der Waals surface area contributed by atoms with Crippen molar-refractivity contribution in [3.05, 3.63) is 45.0 Å². The average molecular weight is 578 g/mol. The summed E-state index contributed by atoms with van der Waals surface area (Å²) in [5, 5.41) is 22.3. The average Bonchev–Trinajstić information content (AvgIpc) is 3.46. The number of aromatic hydroxyl groups is 1. The van der Waals surface area contributed by atoms with Gasteiger partial charge in [-0.15, -0.1) is 0 Å². The van der Waals surface area contributed by atoms with Gasteiger partial charge in [0.15, 0.2) is 18.3 Å². The van der Waals surface area contributed by atoms with Gasteiger partial charge in [0.05, 0.1) is 18.2 Å². The Morgan fingerprint density at radius 1 is 1.14 bits per heavy atom. The fourth-order valence-electron chi connectivity index (χ4n) is 7.60. The number of benzene rings is 2. The van der Waals surface area contributed by atoms with Gasteiger partial charge in [-0.3, -0.25) is 14.6 Å². The molecular weight excluding hydrogens is 538 g/mol. The number of phenolic OH excluding ortho intramolecular Hbond substituents is 1. The van der Waals surface area contributed by atoms with Crippen LogP contribution in [-0.2, 0) is 27.1 Å². The number of carbonyl (C=O) groups excluding carboxylic acids is 1. The quantitative estimate of drug-likeness (QED) is 0.380. The second-order valence-electron chi connectivity index (χ2n) is 11.8. The van der Waals surface area contributed by atoms with Crippen LogP contribution in [0.5, 0.6) is 23.0 Å². The number of phenols is 1. The number of rotatable bonds is 7. The lowest BCUT2D eigenvalue weighted by molar-refractivity contribution is -0.149. The minimum absolute atomic E-state index is 0.0365. The first kappa shape index (κ1) is 28.6. The Hall–Kier alpha value is -3.52. The lowest BCUT2D eigenvalue weighted by Crippen LogP contribution is -2.68. The van der Waals surface area contributed by atoms with Crippen LogP contribution in [0.4, 0.5) is 0 Å². The molecule has 10 nitrogen and oxygen atoms in total. The molecule has 1 N–H and O–H groups in total. The van der Waals surface area contributed by atoms with E-state index in [1.807, 2.05) is 13.8 Å². The van der Waals surface area contributed by atoms with E-state index >= 15 is 0 Å². The third-order valence-corrected chi connectivity index (χ3v) is 9.61. The minimum atomic E-state index is -0.513. The highest BCUT2D eigenvalue weighted by atomic mass is 16.7. The highest BCUT2D eigenvalue weighted by Crippen LogP contribution is 2.57. The number of nitrogens with zero attached hydrogens (tertiary/aromatic N) is 3. The summed E-state index contributed by atoms with van der Waals surface area (Å²) in [6.07, 6.45) is 2.12. The number of aryl methyl sites for hydroxylation is 1. The molecule has 2 aromatic carbocycles. The molecule has 224 valence electrons. The summed E-state index contributed by atoms with van der Waals surface area (Å²) >= 11 is 0. The molecule has 0 aromatic heterocycles. The van der Waals surface area contributed by atoms with Gasteiger partial charge in [-0.1, -0.05) is 13.0 Å². The second kappa shape index (κ2) is 11.0. The first-order valence-electron chi connectivity index (χ1n) is 14.7. The molecule has 0 spiro atoms. The van der Waals surface area contributed by atoms with Crippen molar-refractivity contribution < 1.29 is 33.6 Å².